The molecule has 1 N–H and O–H groups in total. The van der Waals surface area contributed by atoms with Crippen molar-refractivity contribution in [2.24, 2.45) is 0 Å². The van der Waals surface area contributed by atoms with Crippen LogP contribution in [0.3, 0.4) is 0 Å². The Kier molecular flexibility index (Phi) is 9.43. The highest BCUT2D eigenvalue weighted by Crippen LogP contribution is 2.54. The van der Waals surface area contributed by atoms with Crippen molar-refractivity contribution in [2.75, 3.05) is 23.9 Å². The molecule has 3 aromatic carbocycles. The van der Waals surface area contributed by atoms with Crippen LogP contribution >= 0.6 is 0 Å². The summed E-state index contributed by atoms with van der Waals surface area (Å²) in [5, 5.41) is 11.5. The molecule has 0 spiro atoms. The molecule has 6 nitrogen and oxygen atoms in total. The monoisotopic (exact) mass is 609 g/mol. The highest BCUT2D eigenvalue weighted by atomic mass is 19.4. The second-order valence-electron chi connectivity index (χ2n) is 9.39. The minimum atomic E-state index is -6.29. The zero-order valence-corrected chi connectivity index (χ0v) is 23.4. The van der Waals surface area contributed by atoms with Gasteiger partial charge in [-0.05, 0) is 73.9 Å². The number of amides is 2. The number of hydrogen-bond donors (Lipinski definition) is 1. The van der Waals surface area contributed by atoms with Gasteiger partial charge in [-0.15, -0.1) is 0 Å². The summed E-state index contributed by atoms with van der Waals surface area (Å²) in [6.07, 6.45) is -12.7. The standard InChI is InChI=1S/C30H26F7N3O3/c1-5-19-15-21(28(31,29(32,33)34)30(35,36)37)14-17(3)24(19)39-26(41)22-8-7-9-23(25(22)43-4)40(6-2)27(42)20-12-10-18(16-38)11-13-20/h7-15H,5-6H2,1-4H3,(H,39,41). The SMILES string of the molecule is CCc1cc(C(F)(C(F)(F)F)C(F)(F)F)cc(C)c1NC(=O)c1cccc(N(CC)C(=O)c2ccc(C#N)cc2)c1OC. The Morgan fingerprint density at radius 1 is 0.953 bits per heavy atom. The maximum atomic E-state index is 14.8. The maximum Gasteiger partial charge on any atom is 0.435 e. The van der Waals surface area contributed by atoms with Crippen molar-refractivity contribution in [3.05, 3.63) is 88.0 Å². The van der Waals surface area contributed by atoms with Crippen LogP contribution in [0.15, 0.2) is 54.6 Å². The molecule has 0 heterocycles. The molecule has 0 bridgehead atoms. The number of nitrogens with zero attached hydrogens (tertiary/aromatic N) is 2. The lowest BCUT2D eigenvalue weighted by atomic mass is 9.89. The summed E-state index contributed by atoms with van der Waals surface area (Å²) in [5.74, 6) is -1.34. The summed E-state index contributed by atoms with van der Waals surface area (Å²) >= 11 is 0. The normalized spacial score (nSPS) is 12.0. The van der Waals surface area contributed by atoms with E-state index in [0.29, 0.717) is 17.7 Å². The molecule has 0 saturated carbocycles. The molecule has 13 heteroatoms. The molecule has 0 aliphatic heterocycles. The predicted molar refractivity (Wildman–Crippen MR) is 145 cm³/mol. The number of anilines is 2. The smallest absolute Gasteiger partial charge is 0.435 e. The number of carbonyl (C=O) groups excluding carboxylic acids is 2. The number of nitriles is 1. The van der Waals surface area contributed by atoms with E-state index in [1.165, 1.54) is 61.4 Å². The molecule has 0 saturated heterocycles. The zero-order valence-electron chi connectivity index (χ0n) is 23.4. The third kappa shape index (κ3) is 6.14. The average molecular weight is 610 g/mol. The molecule has 0 aliphatic rings. The van der Waals surface area contributed by atoms with Gasteiger partial charge >= 0.3 is 18.0 Å². The number of para-hydroxylation sites is 1. The third-order valence-corrected chi connectivity index (χ3v) is 6.77. The number of aryl methyl sites for hydroxylation is 2. The molecule has 0 unspecified atom stereocenters. The van der Waals surface area contributed by atoms with Crippen LogP contribution < -0.4 is 15.0 Å². The number of benzene rings is 3. The van der Waals surface area contributed by atoms with Gasteiger partial charge < -0.3 is 15.0 Å². The predicted octanol–water partition coefficient (Wildman–Crippen LogP) is 7.65. The molecule has 43 heavy (non-hydrogen) atoms. The fourth-order valence-electron chi connectivity index (χ4n) is 4.58. The summed E-state index contributed by atoms with van der Waals surface area (Å²) in [7, 11) is 1.25. The molecule has 0 aromatic heterocycles. The van der Waals surface area contributed by atoms with Crippen LogP contribution in [0, 0.1) is 18.3 Å². The fraction of sp³-hybridized carbons (Fsp3) is 0.300. The second kappa shape index (κ2) is 12.3. The van der Waals surface area contributed by atoms with Gasteiger partial charge in [-0.1, -0.05) is 19.1 Å². The van der Waals surface area contributed by atoms with Gasteiger partial charge in [0.05, 0.1) is 30.0 Å². The molecule has 0 radical (unpaired) electrons. The lowest BCUT2D eigenvalue weighted by Gasteiger charge is -2.31. The van der Waals surface area contributed by atoms with E-state index in [0.717, 1.165) is 6.92 Å². The Balaban J connectivity index is 2.05. The molecule has 0 fully saturated rings. The van der Waals surface area contributed by atoms with Gasteiger partial charge in [0.25, 0.3) is 11.8 Å². The van der Waals surface area contributed by atoms with Gasteiger partial charge in [0, 0.05) is 23.4 Å². The van der Waals surface area contributed by atoms with Crippen molar-refractivity contribution in [3.8, 4) is 11.8 Å². The van der Waals surface area contributed by atoms with Gasteiger partial charge in [-0.2, -0.15) is 31.6 Å². The van der Waals surface area contributed by atoms with Gasteiger partial charge in [-0.3, -0.25) is 9.59 Å². The number of rotatable bonds is 8. The van der Waals surface area contributed by atoms with Gasteiger partial charge in [-0.25, -0.2) is 4.39 Å². The summed E-state index contributed by atoms with van der Waals surface area (Å²) in [6.45, 7) is 4.39. The first-order chi connectivity index (χ1) is 20.0. The quantitative estimate of drug-likeness (QED) is 0.266. The lowest BCUT2D eigenvalue weighted by molar-refractivity contribution is -0.348. The first-order valence-electron chi connectivity index (χ1n) is 12.8. The highest BCUT2D eigenvalue weighted by molar-refractivity contribution is 6.11. The first kappa shape index (κ1) is 32.9. The number of carbonyl (C=O) groups is 2. The Morgan fingerprint density at radius 3 is 2.05 bits per heavy atom. The Labute approximate surface area is 242 Å². The minimum absolute atomic E-state index is 0.0342. The molecule has 3 aromatic rings. The number of alkyl halides is 7. The van der Waals surface area contributed by atoms with Crippen molar-refractivity contribution in [3.63, 3.8) is 0 Å². The number of hydrogen-bond acceptors (Lipinski definition) is 4. The molecule has 3 rings (SSSR count). The largest absolute Gasteiger partial charge is 0.494 e. The summed E-state index contributed by atoms with van der Waals surface area (Å²) in [4.78, 5) is 28.0. The zero-order chi connectivity index (χ0) is 32.3. The maximum absolute atomic E-state index is 14.8. The van der Waals surface area contributed by atoms with Gasteiger partial charge in [0.2, 0.25) is 0 Å². The lowest BCUT2D eigenvalue weighted by Crippen LogP contribution is -2.50. The molecule has 0 atom stereocenters. The number of ether oxygens (including phenoxy) is 1. The van der Waals surface area contributed by atoms with E-state index in [1.54, 1.807) is 6.92 Å². The van der Waals surface area contributed by atoms with Gasteiger partial charge in [0.1, 0.15) is 0 Å². The summed E-state index contributed by atoms with van der Waals surface area (Å²) in [5.41, 5.74) is -7.08. The topological polar surface area (TPSA) is 82.4 Å². The fourth-order valence-corrected chi connectivity index (χ4v) is 4.58. The summed E-state index contributed by atoms with van der Waals surface area (Å²) < 4.78 is 101. The van der Waals surface area contributed by atoms with E-state index in [-0.39, 0.29) is 52.3 Å². The Bertz CT molecular complexity index is 1550. The van der Waals surface area contributed by atoms with Crippen molar-refractivity contribution in [2.45, 2.75) is 45.2 Å². The number of halogens is 7. The van der Waals surface area contributed by atoms with Gasteiger partial charge in [0.15, 0.2) is 5.75 Å². The molecular formula is C30H26F7N3O3. The molecular weight excluding hydrogens is 583 g/mol. The Morgan fingerprint density at radius 2 is 1.56 bits per heavy atom. The highest BCUT2D eigenvalue weighted by Gasteiger charge is 2.73. The van der Waals surface area contributed by atoms with Crippen LogP contribution in [0.5, 0.6) is 5.75 Å². The summed E-state index contributed by atoms with van der Waals surface area (Å²) in [6, 6.07) is 13.0. The van der Waals surface area contributed by atoms with E-state index in [2.05, 4.69) is 5.32 Å². The van der Waals surface area contributed by atoms with Crippen LogP contribution in [0.25, 0.3) is 0 Å². The van der Waals surface area contributed by atoms with Crippen LogP contribution in [-0.2, 0) is 12.1 Å². The van der Waals surface area contributed by atoms with Crippen LogP contribution in [0.4, 0.5) is 42.1 Å². The van der Waals surface area contributed by atoms with Crippen LogP contribution in [0.2, 0.25) is 0 Å². The van der Waals surface area contributed by atoms with Crippen molar-refractivity contribution >= 4 is 23.2 Å². The van der Waals surface area contributed by atoms with E-state index >= 15 is 0 Å². The first-order valence-corrected chi connectivity index (χ1v) is 12.8. The van der Waals surface area contributed by atoms with E-state index in [4.69, 9.17) is 10.00 Å². The average Bonchev–Trinajstić information content (AvgIpc) is 2.96. The number of methoxy groups -OCH3 is 1. The van der Waals surface area contributed by atoms with Crippen molar-refractivity contribution in [1.82, 2.24) is 0 Å². The van der Waals surface area contributed by atoms with Crippen LogP contribution in [-0.4, -0.2) is 37.8 Å². The molecule has 0 aliphatic carbocycles. The number of nitrogens with one attached hydrogen (secondary N) is 1. The van der Waals surface area contributed by atoms with Crippen molar-refractivity contribution < 1.29 is 45.1 Å². The van der Waals surface area contributed by atoms with E-state index < -0.39 is 35.4 Å². The molecule has 228 valence electrons. The molecule has 2 amide bonds. The van der Waals surface area contributed by atoms with Crippen molar-refractivity contribution in [1.29, 1.82) is 5.26 Å². The van der Waals surface area contributed by atoms with Crippen LogP contribution in [0.1, 0.15) is 56.8 Å². The van der Waals surface area contributed by atoms with E-state index in [9.17, 15) is 40.3 Å². The third-order valence-electron chi connectivity index (χ3n) is 6.77. The Hall–Kier alpha value is -4.60. The van der Waals surface area contributed by atoms with E-state index in [1.807, 2.05) is 6.07 Å². The second-order valence-corrected chi connectivity index (χ2v) is 9.39. The minimum Gasteiger partial charge on any atom is -0.494 e.